The Morgan fingerprint density at radius 2 is 1.88 bits per heavy atom. The van der Waals surface area contributed by atoms with Crippen LogP contribution in [0.5, 0.6) is 11.5 Å². The Hall–Kier alpha value is -2.70. The molecule has 1 heterocycles. The number of rotatable bonds is 5. The van der Waals surface area contributed by atoms with Crippen LogP contribution in [0.15, 0.2) is 29.5 Å². The Kier molecular flexibility index (Phi) is 5.35. The first-order valence-corrected chi connectivity index (χ1v) is 8.74. The normalized spacial score (nSPS) is 20.4. The van der Waals surface area contributed by atoms with E-state index in [2.05, 4.69) is 10.6 Å². The van der Waals surface area contributed by atoms with E-state index in [1.54, 1.807) is 32.2 Å². The first-order valence-electron chi connectivity index (χ1n) is 8.74. The van der Waals surface area contributed by atoms with Gasteiger partial charge in [-0.05, 0) is 44.7 Å². The number of hydrogen-bond acceptors (Lipinski definition) is 5. The van der Waals surface area contributed by atoms with Crippen molar-refractivity contribution in [2.24, 2.45) is 0 Å². The van der Waals surface area contributed by atoms with Crippen molar-refractivity contribution in [3.8, 4) is 11.5 Å². The van der Waals surface area contributed by atoms with Crippen molar-refractivity contribution in [1.29, 1.82) is 0 Å². The van der Waals surface area contributed by atoms with Crippen LogP contribution in [0.25, 0.3) is 0 Å². The fourth-order valence-electron chi connectivity index (χ4n) is 3.48. The number of amides is 2. The number of benzene rings is 1. The second-order valence-corrected chi connectivity index (χ2v) is 6.49. The highest BCUT2D eigenvalue weighted by Gasteiger charge is 2.35. The predicted molar refractivity (Wildman–Crippen MR) is 95.0 cm³/mol. The van der Waals surface area contributed by atoms with Crippen LogP contribution >= 0.6 is 0 Å². The van der Waals surface area contributed by atoms with Gasteiger partial charge in [0.1, 0.15) is 17.6 Å². The Morgan fingerprint density at radius 1 is 1.15 bits per heavy atom. The minimum atomic E-state index is -0.654. The summed E-state index contributed by atoms with van der Waals surface area (Å²) < 4.78 is 16.3. The maximum absolute atomic E-state index is 12.8. The van der Waals surface area contributed by atoms with E-state index >= 15 is 0 Å². The summed E-state index contributed by atoms with van der Waals surface area (Å²) in [6, 6.07) is 4.24. The molecule has 1 atom stereocenters. The van der Waals surface area contributed by atoms with Gasteiger partial charge in [-0.1, -0.05) is 0 Å². The highest BCUT2D eigenvalue weighted by molar-refractivity contribution is 5.95. The number of esters is 1. The lowest BCUT2D eigenvalue weighted by Gasteiger charge is -2.29. The molecule has 7 nitrogen and oxygen atoms in total. The van der Waals surface area contributed by atoms with Crippen LogP contribution in [0, 0.1) is 0 Å². The highest BCUT2D eigenvalue weighted by atomic mass is 16.5. The van der Waals surface area contributed by atoms with Crippen LogP contribution in [0.2, 0.25) is 0 Å². The zero-order valence-corrected chi connectivity index (χ0v) is 15.3. The maximum Gasteiger partial charge on any atom is 0.338 e. The fourth-order valence-corrected chi connectivity index (χ4v) is 3.48. The molecule has 2 amide bonds. The summed E-state index contributed by atoms with van der Waals surface area (Å²) >= 11 is 0. The summed E-state index contributed by atoms with van der Waals surface area (Å²) in [6.07, 6.45) is 3.85. The molecule has 1 aromatic rings. The van der Waals surface area contributed by atoms with Gasteiger partial charge in [0.2, 0.25) is 0 Å². The molecule has 2 N–H and O–H groups in total. The van der Waals surface area contributed by atoms with Crippen LogP contribution in [-0.4, -0.2) is 32.3 Å². The minimum absolute atomic E-state index is 0.0566. The lowest BCUT2D eigenvalue weighted by atomic mass is 9.94. The molecule has 1 aliphatic carbocycles. The zero-order valence-electron chi connectivity index (χ0n) is 15.3. The molecule has 0 unspecified atom stereocenters. The van der Waals surface area contributed by atoms with E-state index in [9.17, 15) is 9.59 Å². The summed E-state index contributed by atoms with van der Waals surface area (Å²) in [6.45, 7) is 1.70. The quantitative estimate of drug-likeness (QED) is 0.789. The van der Waals surface area contributed by atoms with Crippen molar-refractivity contribution in [2.75, 3.05) is 14.2 Å². The Morgan fingerprint density at radius 3 is 2.54 bits per heavy atom. The summed E-state index contributed by atoms with van der Waals surface area (Å²) in [5, 5.41) is 5.46. The molecule has 3 rings (SSSR count). The SMILES string of the molecule is COc1ccc([C@H]2NC(=O)NC(C)=C2C(=O)OC2CCCC2)c(OC)c1. The minimum Gasteiger partial charge on any atom is -0.497 e. The first kappa shape index (κ1) is 18.1. The molecule has 1 aliphatic heterocycles. The van der Waals surface area contributed by atoms with Crippen LogP contribution in [0.3, 0.4) is 0 Å². The fraction of sp³-hybridized carbons (Fsp3) is 0.474. The lowest BCUT2D eigenvalue weighted by molar-refractivity contribution is -0.144. The van der Waals surface area contributed by atoms with E-state index < -0.39 is 12.0 Å². The number of carbonyl (C=O) groups excluding carboxylic acids is 2. The highest BCUT2D eigenvalue weighted by Crippen LogP contribution is 2.36. The third-order valence-electron chi connectivity index (χ3n) is 4.82. The van der Waals surface area contributed by atoms with Gasteiger partial charge in [0.15, 0.2) is 0 Å². The van der Waals surface area contributed by atoms with Gasteiger partial charge in [0, 0.05) is 17.3 Å². The standard InChI is InChI=1S/C19H24N2O5/c1-11-16(18(22)26-12-6-4-5-7-12)17(21-19(23)20-11)14-9-8-13(24-2)10-15(14)25-3/h8-10,12,17H,4-7H2,1-3H3,(H2,20,21,23)/t17-/m1/s1. The third kappa shape index (κ3) is 3.61. The number of nitrogens with one attached hydrogen (secondary N) is 2. The van der Waals surface area contributed by atoms with Gasteiger partial charge in [0.25, 0.3) is 0 Å². The molecule has 140 valence electrons. The van der Waals surface area contributed by atoms with Gasteiger partial charge in [-0.15, -0.1) is 0 Å². The van der Waals surface area contributed by atoms with Crippen molar-refractivity contribution in [1.82, 2.24) is 10.6 Å². The Balaban J connectivity index is 1.96. The van der Waals surface area contributed by atoms with Crippen molar-refractivity contribution in [3.05, 3.63) is 35.0 Å². The maximum atomic E-state index is 12.8. The number of methoxy groups -OCH3 is 2. The average Bonchev–Trinajstić information content (AvgIpc) is 3.13. The molecule has 7 heteroatoms. The van der Waals surface area contributed by atoms with Gasteiger partial charge in [0.05, 0.1) is 25.8 Å². The van der Waals surface area contributed by atoms with Crippen LogP contribution in [0.4, 0.5) is 4.79 Å². The molecule has 0 aromatic heterocycles. The molecule has 0 bridgehead atoms. The molecule has 0 spiro atoms. The van der Waals surface area contributed by atoms with Crippen molar-refractivity contribution < 1.29 is 23.8 Å². The monoisotopic (exact) mass is 360 g/mol. The van der Waals surface area contributed by atoms with Crippen molar-refractivity contribution in [2.45, 2.75) is 44.8 Å². The second kappa shape index (κ2) is 7.68. The number of allylic oxidation sites excluding steroid dienone is 1. The molecular weight excluding hydrogens is 336 g/mol. The topological polar surface area (TPSA) is 85.9 Å². The van der Waals surface area contributed by atoms with E-state index in [-0.39, 0.29) is 12.1 Å². The molecule has 0 saturated heterocycles. The van der Waals surface area contributed by atoms with E-state index in [1.165, 1.54) is 7.11 Å². The molecule has 2 aliphatic rings. The molecule has 26 heavy (non-hydrogen) atoms. The van der Waals surface area contributed by atoms with E-state index in [1.807, 2.05) is 0 Å². The molecule has 1 aromatic carbocycles. The van der Waals surface area contributed by atoms with Gasteiger partial charge in [-0.25, -0.2) is 9.59 Å². The number of ether oxygens (including phenoxy) is 3. The smallest absolute Gasteiger partial charge is 0.338 e. The molecular formula is C19H24N2O5. The van der Waals surface area contributed by atoms with Crippen molar-refractivity contribution >= 4 is 12.0 Å². The van der Waals surface area contributed by atoms with Gasteiger partial charge >= 0.3 is 12.0 Å². The van der Waals surface area contributed by atoms with E-state index in [0.29, 0.717) is 28.3 Å². The molecule has 1 fully saturated rings. The van der Waals surface area contributed by atoms with Gasteiger partial charge in [-0.2, -0.15) is 0 Å². The second-order valence-electron chi connectivity index (χ2n) is 6.49. The first-order chi connectivity index (χ1) is 12.5. The van der Waals surface area contributed by atoms with Gasteiger partial charge < -0.3 is 24.8 Å². The van der Waals surface area contributed by atoms with Crippen LogP contribution < -0.4 is 20.1 Å². The Labute approximate surface area is 152 Å². The lowest BCUT2D eigenvalue weighted by Crippen LogP contribution is -2.45. The van der Waals surface area contributed by atoms with E-state index in [4.69, 9.17) is 14.2 Å². The Bertz CT molecular complexity index is 737. The number of hydrogen-bond donors (Lipinski definition) is 2. The third-order valence-corrected chi connectivity index (χ3v) is 4.82. The van der Waals surface area contributed by atoms with Gasteiger partial charge in [-0.3, -0.25) is 0 Å². The predicted octanol–water partition coefficient (Wildman–Crippen LogP) is 2.82. The zero-order chi connectivity index (χ0) is 18.7. The number of carbonyl (C=O) groups is 2. The molecule has 1 saturated carbocycles. The van der Waals surface area contributed by atoms with Crippen LogP contribution in [0.1, 0.15) is 44.2 Å². The average molecular weight is 360 g/mol. The summed E-state index contributed by atoms with van der Waals surface area (Å²) in [5.41, 5.74) is 1.54. The largest absolute Gasteiger partial charge is 0.497 e. The van der Waals surface area contributed by atoms with E-state index in [0.717, 1.165) is 25.7 Å². The summed E-state index contributed by atoms with van der Waals surface area (Å²) in [7, 11) is 3.10. The summed E-state index contributed by atoms with van der Waals surface area (Å²) in [4.78, 5) is 24.9. The number of urea groups is 1. The molecule has 0 radical (unpaired) electrons. The van der Waals surface area contributed by atoms with Crippen molar-refractivity contribution in [3.63, 3.8) is 0 Å². The summed E-state index contributed by atoms with van der Waals surface area (Å²) in [5.74, 6) is 0.738. The van der Waals surface area contributed by atoms with Crippen LogP contribution in [-0.2, 0) is 9.53 Å².